The number of aromatic nitrogens is 2. The number of fused-ring (bicyclic) bond motifs is 3. The van der Waals surface area contributed by atoms with Crippen molar-refractivity contribution in [2.24, 2.45) is 7.05 Å². The van der Waals surface area contributed by atoms with Crippen molar-refractivity contribution in [3.63, 3.8) is 0 Å². The number of nitrogens with one attached hydrogen (secondary N) is 1. The molecule has 0 radical (unpaired) electrons. The molecular weight excluding hydrogens is 290 g/mol. The van der Waals surface area contributed by atoms with Crippen molar-refractivity contribution in [3.05, 3.63) is 28.0 Å². The van der Waals surface area contributed by atoms with Crippen LogP contribution in [0, 0.1) is 0 Å². The summed E-state index contributed by atoms with van der Waals surface area (Å²) in [6, 6.07) is 4.22. The summed E-state index contributed by atoms with van der Waals surface area (Å²) >= 11 is 3.46. The maximum Gasteiger partial charge on any atom is 0.141 e. The van der Waals surface area contributed by atoms with Gasteiger partial charge in [0.1, 0.15) is 10.3 Å². The van der Waals surface area contributed by atoms with Crippen molar-refractivity contribution >= 4 is 27.0 Å². The first kappa shape index (κ1) is 12.2. The van der Waals surface area contributed by atoms with Crippen LogP contribution in [0.25, 0.3) is 11.0 Å². The van der Waals surface area contributed by atoms with Gasteiger partial charge in [0.15, 0.2) is 0 Å². The zero-order chi connectivity index (χ0) is 12.9. The van der Waals surface area contributed by atoms with Gasteiger partial charge < -0.3 is 9.88 Å². The number of halogens is 1. The molecule has 18 heavy (non-hydrogen) atoms. The smallest absolute Gasteiger partial charge is 0.141 e. The van der Waals surface area contributed by atoms with E-state index in [9.17, 15) is 0 Å². The Bertz CT molecular complexity index is 617. The van der Waals surface area contributed by atoms with Gasteiger partial charge in [0.2, 0.25) is 0 Å². The van der Waals surface area contributed by atoms with Gasteiger partial charge >= 0.3 is 0 Å². The first-order valence-corrected chi connectivity index (χ1v) is 7.15. The van der Waals surface area contributed by atoms with Gasteiger partial charge in [0, 0.05) is 23.7 Å². The SMILES string of the molecule is CNC1(C)CCc2c(c3ccc(Br)nc3n2C)C1. The van der Waals surface area contributed by atoms with Crippen LogP contribution in [0.5, 0.6) is 0 Å². The van der Waals surface area contributed by atoms with Gasteiger partial charge in [-0.05, 0) is 66.9 Å². The maximum absolute atomic E-state index is 4.61. The summed E-state index contributed by atoms with van der Waals surface area (Å²) in [5.74, 6) is 0. The molecule has 96 valence electrons. The third-order valence-corrected chi connectivity index (χ3v) is 4.76. The summed E-state index contributed by atoms with van der Waals surface area (Å²) in [4.78, 5) is 4.61. The number of aryl methyl sites for hydroxylation is 1. The lowest BCUT2D eigenvalue weighted by molar-refractivity contribution is 0.336. The molecule has 0 aromatic carbocycles. The highest BCUT2D eigenvalue weighted by atomic mass is 79.9. The van der Waals surface area contributed by atoms with Gasteiger partial charge in [-0.25, -0.2) is 4.98 Å². The second kappa shape index (κ2) is 4.07. The summed E-state index contributed by atoms with van der Waals surface area (Å²) < 4.78 is 3.16. The van der Waals surface area contributed by atoms with Crippen LogP contribution in [0.3, 0.4) is 0 Å². The normalized spacial score (nSPS) is 23.3. The molecule has 1 aliphatic carbocycles. The Morgan fingerprint density at radius 2 is 2.22 bits per heavy atom. The molecule has 1 aliphatic rings. The van der Waals surface area contributed by atoms with E-state index in [1.54, 1.807) is 0 Å². The third-order valence-electron chi connectivity index (χ3n) is 4.32. The molecule has 0 aliphatic heterocycles. The van der Waals surface area contributed by atoms with Crippen molar-refractivity contribution in [1.82, 2.24) is 14.9 Å². The summed E-state index contributed by atoms with van der Waals surface area (Å²) in [7, 11) is 4.19. The first-order valence-electron chi connectivity index (χ1n) is 6.36. The molecule has 2 aromatic heterocycles. The van der Waals surface area contributed by atoms with E-state index >= 15 is 0 Å². The number of rotatable bonds is 1. The Labute approximate surface area is 116 Å². The van der Waals surface area contributed by atoms with Gasteiger partial charge in [-0.3, -0.25) is 0 Å². The fourth-order valence-corrected chi connectivity index (χ4v) is 3.30. The van der Waals surface area contributed by atoms with Crippen molar-refractivity contribution in [3.8, 4) is 0 Å². The minimum Gasteiger partial charge on any atom is -0.332 e. The lowest BCUT2D eigenvalue weighted by Gasteiger charge is -2.33. The quantitative estimate of drug-likeness (QED) is 0.821. The van der Waals surface area contributed by atoms with Crippen molar-refractivity contribution in [2.45, 2.75) is 31.7 Å². The molecule has 0 fully saturated rings. The van der Waals surface area contributed by atoms with E-state index in [4.69, 9.17) is 0 Å². The summed E-state index contributed by atoms with van der Waals surface area (Å²) in [5.41, 5.74) is 4.22. The van der Waals surface area contributed by atoms with E-state index in [0.29, 0.717) is 0 Å². The van der Waals surface area contributed by atoms with Crippen LogP contribution in [0.2, 0.25) is 0 Å². The standard InChI is InChI=1S/C14H18BrN3/c1-14(16-2)7-6-11-10(8-14)9-4-5-12(15)17-13(9)18(11)3/h4-5,16H,6-8H2,1-3H3. The molecule has 1 unspecified atom stereocenters. The second-order valence-corrected chi connectivity index (χ2v) is 6.29. The van der Waals surface area contributed by atoms with Crippen molar-refractivity contribution < 1.29 is 0 Å². The number of hydrogen-bond donors (Lipinski definition) is 1. The van der Waals surface area contributed by atoms with Crippen molar-refractivity contribution in [2.75, 3.05) is 7.05 Å². The average molecular weight is 308 g/mol. The zero-order valence-electron chi connectivity index (χ0n) is 11.0. The lowest BCUT2D eigenvalue weighted by atomic mass is 9.81. The van der Waals surface area contributed by atoms with Crippen LogP contribution in [-0.2, 0) is 19.9 Å². The predicted octanol–water partition coefficient (Wildman–Crippen LogP) is 2.80. The molecule has 0 saturated heterocycles. The van der Waals surface area contributed by atoms with Crippen LogP contribution in [-0.4, -0.2) is 22.1 Å². The van der Waals surface area contributed by atoms with Gasteiger partial charge in [-0.1, -0.05) is 0 Å². The first-order chi connectivity index (χ1) is 8.54. The van der Waals surface area contributed by atoms with Crippen LogP contribution >= 0.6 is 15.9 Å². The van der Waals surface area contributed by atoms with E-state index in [1.165, 1.54) is 23.1 Å². The minimum atomic E-state index is 0.217. The number of hydrogen-bond acceptors (Lipinski definition) is 2. The number of nitrogens with zero attached hydrogens (tertiary/aromatic N) is 2. The Hall–Kier alpha value is -0.870. The van der Waals surface area contributed by atoms with E-state index in [0.717, 1.165) is 23.1 Å². The van der Waals surface area contributed by atoms with Gasteiger partial charge in [-0.15, -0.1) is 0 Å². The van der Waals surface area contributed by atoms with Crippen molar-refractivity contribution in [1.29, 1.82) is 0 Å². The molecule has 4 heteroatoms. The fourth-order valence-electron chi connectivity index (χ4n) is 3.00. The minimum absolute atomic E-state index is 0.217. The highest BCUT2D eigenvalue weighted by Crippen LogP contribution is 2.35. The third kappa shape index (κ3) is 1.70. The molecule has 2 heterocycles. The van der Waals surface area contributed by atoms with E-state index < -0.39 is 0 Å². The Morgan fingerprint density at radius 1 is 1.44 bits per heavy atom. The molecule has 3 nitrogen and oxygen atoms in total. The molecule has 0 spiro atoms. The summed E-state index contributed by atoms with van der Waals surface area (Å²) in [6.07, 6.45) is 3.39. The Balaban J connectivity index is 2.23. The van der Waals surface area contributed by atoms with E-state index in [2.05, 4.69) is 57.9 Å². The molecule has 1 N–H and O–H groups in total. The van der Waals surface area contributed by atoms with Crippen LogP contribution in [0.1, 0.15) is 24.6 Å². The Kier molecular flexibility index (Phi) is 2.75. The highest BCUT2D eigenvalue weighted by molar-refractivity contribution is 9.10. The largest absolute Gasteiger partial charge is 0.332 e. The lowest BCUT2D eigenvalue weighted by Crippen LogP contribution is -2.44. The predicted molar refractivity (Wildman–Crippen MR) is 77.9 cm³/mol. The Morgan fingerprint density at radius 3 is 2.94 bits per heavy atom. The molecule has 3 rings (SSSR count). The maximum atomic E-state index is 4.61. The van der Waals surface area contributed by atoms with Gasteiger partial charge in [-0.2, -0.15) is 0 Å². The molecule has 0 saturated carbocycles. The topological polar surface area (TPSA) is 29.9 Å². The monoisotopic (exact) mass is 307 g/mol. The molecule has 2 aromatic rings. The molecule has 1 atom stereocenters. The van der Waals surface area contributed by atoms with Crippen LogP contribution < -0.4 is 5.32 Å². The molecule has 0 bridgehead atoms. The summed E-state index contributed by atoms with van der Waals surface area (Å²) in [5, 5.41) is 4.77. The van der Waals surface area contributed by atoms with Gasteiger partial charge in [0.05, 0.1) is 0 Å². The number of pyridine rings is 1. The molecular formula is C14H18BrN3. The van der Waals surface area contributed by atoms with E-state index in [1.807, 2.05) is 6.07 Å². The van der Waals surface area contributed by atoms with E-state index in [-0.39, 0.29) is 5.54 Å². The van der Waals surface area contributed by atoms with Gasteiger partial charge in [0.25, 0.3) is 0 Å². The zero-order valence-corrected chi connectivity index (χ0v) is 12.6. The fraction of sp³-hybridized carbons (Fsp3) is 0.500. The summed E-state index contributed by atoms with van der Waals surface area (Å²) in [6.45, 7) is 2.31. The van der Waals surface area contributed by atoms with Crippen LogP contribution in [0.4, 0.5) is 0 Å². The average Bonchev–Trinajstić information content (AvgIpc) is 2.62. The number of likely N-dealkylation sites (N-methyl/N-ethyl adjacent to an activating group) is 1. The highest BCUT2D eigenvalue weighted by Gasteiger charge is 2.31. The second-order valence-electron chi connectivity index (χ2n) is 5.48. The van der Waals surface area contributed by atoms with Crippen LogP contribution in [0.15, 0.2) is 16.7 Å². The molecule has 0 amide bonds.